The molecule has 1 aromatic carbocycles. The van der Waals surface area contributed by atoms with Gasteiger partial charge in [0.2, 0.25) is 0 Å². The van der Waals surface area contributed by atoms with E-state index in [4.69, 9.17) is 4.74 Å². The summed E-state index contributed by atoms with van der Waals surface area (Å²) in [5.41, 5.74) is 1.66. The molecule has 0 aliphatic carbocycles. The van der Waals surface area contributed by atoms with Crippen molar-refractivity contribution in [2.24, 2.45) is 7.05 Å². The molecule has 1 heterocycles. The zero-order valence-corrected chi connectivity index (χ0v) is 10.0. The van der Waals surface area contributed by atoms with Crippen LogP contribution >= 0.6 is 15.9 Å². The Kier molecular flexibility index (Phi) is 2.52. The van der Waals surface area contributed by atoms with Crippen molar-refractivity contribution in [1.82, 2.24) is 4.57 Å². The number of aldehydes is 1. The summed E-state index contributed by atoms with van der Waals surface area (Å²) in [6.07, 6.45) is 0.848. The van der Waals surface area contributed by atoms with Gasteiger partial charge in [0.15, 0.2) is 6.29 Å². The van der Waals surface area contributed by atoms with Gasteiger partial charge in [0.1, 0.15) is 5.75 Å². The Morgan fingerprint density at radius 2 is 2.13 bits per heavy atom. The first-order valence-electron chi connectivity index (χ1n) is 4.45. The zero-order chi connectivity index (χ0) is 11.0. The first kappa shape index (κ1) is 10.2. The lowest BCUT2D eigenvalue weighted by molar-refractivity contribution is 0.111. The second kappa shape index (κ2) is 3.70. The van der Waals surface area contributed by atoms with E-state index >= 15 is 0 Å². The van der Waals surface area contributed by atoms with E-state index in [0.717, 1.165) is 27.4 Å². The molecule has 0 aliphatic heterocycles. The Balaban J connectivity index is 2.78. The molecule has 0 amide bonds. The molecule has 3 nitrogen and oxygen atoms in total. The quantitative estimate of drug-likeness (QED) is 0.784. The van der Waals surface area contributed by atoms with Gasteiger partial charge in [-0.25, -0.2) is 0 Å². The van der Waals surface area contributed by atoms with E-state index < -0.39 is 0 Å². The van der Waals surface area contributed by atoms with Crippen LogP contribution in [0.3, 0.4) is 0 Å². The van der Waals surface area contributed by atoms with Crippen molar-refractivity contribution in [3.63, 3.8) is 0 Å². The van der Waals surface area contributed by atoms with E-state index in [1.165, 1.54) is 0 Å². The van der Waals surface area contributed by atoms with Crippen molar-refractivity contribution in [2.45, 2.75) is 0 Å². The van der Waals surface area contributed by atoms with Gasteiger partial charge in [-0.3, -0.25) is 4.79 Å². The van der Waals surface area contributed by atoms with E-state index in [1.807, 2.05) is 29.8 Å². The molecule has 1 aromatic heterocycles. The van der Waals surface area contributed by atoms with Crippen molar-refractivity contribution >= 4 is 33.1 Å². The molecular formula is C11H10BrNO2. The van der Waals surface area contributed by atoms with Crippen molar-refractivity contribution in [3.05, 3.63) is 28.4 Å². The Morgan fingerprint density at radius 3 is 2.73 bits per heavy atom. The highest BCUT2D eigenvalue weighted by molar-refractivity contribution is 9.10. The highest BCUT2D eigenvalue weighted by Crippen LogP contribution is 2.31. The number of rotatable bonds is 2. The third-order valence-electron chi connectivity index (χ3n) is 2.47. The highest BCUT2D eigenvalue weighted by atomic mass is 79.9. The Labute approximate surface area is 95.8 Å². The molecule has 0 saturated carbocycles. The highest BCUT2D eigenvalue weighted by Gasteiger charge is 2.08. The van der Waals surface area contributed by atoms with Gasteiger partial charge in [-0.1, -0.05) is 0 Å². The molecule has 0 fully saturated rings. The summed E-state index contributed by atoms with van der Waals surface area (Å²) in [7, 11) is 3.49. The van der Waals surface area contributed by atoms with Crippen molar-refractivity contribution in [2.75, 3.05) is 7.11 Å². The maximum atomic E-state index is 10.8. The molecule has 0 radical (unpaired) electrons. The minimum absolute atomic E-state index is 0.658. The summed E-state index contributed by atoms with van der Waals surface area (Å²) >= 11 is 3.42. The van der Waals surface area contributed by atoms with Crippen molar-refractivity contribution in [1.29, 1.82) is 0 Å². The third-order valence-corrected chi connectivity index (χ3v) is 3.09. The molecule has 0 atom stereocenters. The first-order chi connectivity index (χ1) is 7.17. The molecule has 0 unspecified atom stereocenters. The summed E-state index contributed by atoms with van der Waals surface area (Å²) in [6.45, 7) is 0. The van der Waals surface area contributed by atoms with Gasteiger partial charge in [0.25, 0.3) is 0 Å². The lowest BCUT2D eigenvalue weighted by atomic mass is 10.2. The predicted molar refractivity (Wildman–Crippen MR) is 62.6 cm³/mol. The van der Waals surface area contributed by atoms with Crippen LogP contribution in [0, 0.1) is 0 Å². The van der Waals surface area contributed by atoms with Gasteiger partial charge in [-0.15, -0.1) is 0 Å². The monoisotopic (exact) mass is 267 g/mol. The lowest BCUT2D eigenvalue weighted by Crippen LogP contribution is -1.93. The van der Waals surface area contributed by atoms with Crippen LogP contribution in [0.15, 0.2) is 22.7 Å². The molecular weight excluding hydrogens is 258 g/mol. The van der Waals surface area contributed by atoms with Crippen LogP contribution < -0.4 is 4.74 Å². The van der Waals surface area contributed by atoms with E-state index in [0.29, 0.717) is 5.69 Å². The van der Waals surface area contributed by atoms with Crippen LogP contribution in [0.25, 0.3) is 10.9 Å². The van der Waals surface area contributed by atoms with Crippen LogP contribution in [0.1, 0.15) is 10.5 Å². The number of carbonyl (C=O) groups excluding carboxylic acids is 1. The number of fused-ring (bicyclic) bond motifs is 1. The SMILES string of the molecule is COc1cc2cc(C=O)n(C)c2cc1Br. The number of halogens is 1. The number of aryl methyl sites for hydroxylation is 1. The summed E-state index contributed by atoms with van der Waals surface area (Å²) in [5, 5.41) is 1.000. The number of carbonyl (C=O) groups is 1. The molecule has 15 heavy (non-hydrogen) atoms. The smallest absolute Gasteiger partial charge is 0.166 e. The second-order valence-corrected chi connectivity index (χ2v) is 4.15. The third kappa shape index (κ3) is 1.55. The standard InChI is InChI=1S/C11H10BrNO2/c1-13-8(6-14)3-7-4-11(15-2)9(12)5-10(7)13/h3-6H,1-2H3. The molecule has 2 aromatic rings. The summed E-state index contributed by atoms with van der Waals surface area (Å²) in [4.78, 5) is 10.8. The van der Waals surface area contributed by atoms with E-state index in [-0.39, 0.29) is 0 Å². The van der Waals surface area contributed by atoms with Crippen molar-refractivity contribution < 1.29 is 9.53 Å². The molecule has 0 N–H and O–H groups in total. The minimum Gasteiger partial charge on any atom is -0.496 e. The number of aromatic nitrogens is 1. The topological polar surface area (TPSA) is 31.2 Å². The van der Waals surface area contributed by atoms with Crippen molar-refractivity contribution in [3.8, 4) is 5.75 Å². The summed E-state index contributed by atoms with van der Waals surface area (Å²) < 4.78 is 7.93. The Hall–Kier alpha value is -1.29. The van der Waals surface area contributed by atoms with Crippen LogP contribution in [0.5, 0.6) is 5.75 Å². The average molecular weight is 268 g/mol. The zero-order valence-electron chi connectivity index (χ0n) is 8.45. The van der Waals surface area contributed by atoms with E-state index in [9.17, 15) is 4.79 Å². The summed E-state index contributed by atoms with van der Waals surface area (Å²) in [6, 6.07) is 5.70. The second-order valence-electron chi connectivity index (χ2n) is 3.29. The fraction of sp³-hybridized carbons (Fsp3) is 0.182. The van der Waals surface area contributed by atoms with Gasteiger partial charge in [-0.2, -0.15) is 0 Å². The first-order valence-corrected chi connectivity index (χ1v) is 5.25. The average Bonchev–Trinajstić information content (AvgIpc) is 2.54. The van der Waals surface area contributed by atoms with Gasteiger partial charge >= 0.3 is 0 Å². The van der Waals surface area contributed by atoms with E-state index in [1.54, 1.807) is 7.11 Å². The van der Waals surface area contributed by atoms with Gasteiger partial charge in [-0.05, 0) is 34.1 Å². The van der Waals surface area contributed by atoms with Crippen LogP contribution in [-0.2, 0) is 7.05 Å². The molecule has 0 spiro atoms. The molecule has 0 saturated heterocycles. The molecule has 2 rings (SSSR count). The molecule has 0 bridgehead atoms. The maximum Gasteiger partial charge on any atom is 0.166 e. The predicted octanol–water partition coefficient (Wildman–Crippen LogP) is 2.76. The lowest BCUT2D eigenvalue weighted by Gasteiger charge is -2.04. The van der Waals surface area contributed by atoms with Crippen LogP contribution in [0.4, 0.5) is 0 Å². The molecule has 78 valence electrons. The number of hydrogen-bond donors (Lipinski definition) is 0. The Bertz CT molecular complexity index is 531. The number of hydrogen-bond acceptors (Lipinski definition) is 2. The molecule has 0 aliphatic rings. The van der Waals surface area contributed by atoms with Crippen LogP contribution in [-0.4, -0.2) is 18.0 Å². The fourth-order valence-corrected chi connectivity index (χ4v) is 2.12. The Morgan fingerprint density at radius 1 is 1.40 bits per heavy atom. The van der Waals surface area contributed by atoms with Crippen LogP contribution in [0.2, 0.25) is 0 Å². The van der Waals surface area contributed by atoms with E-state index in [2.05, 4.69) is 15.9 Å². The van der Waals surface area contributed by atoms with Gasteiger partial charge in [0.05, 0.1) is 17.3 Å². The number of benzene rings is 1. The number of methoxy groups -OCH3 is 1. The number of nitrogens with zero attached hydrogens (tertiary/aromatic N) is 1. The largest absolute Gasteiger partial charge is 0.496 e. The maximum absolute atomic E-state index is 10.8. The van der Waals surface area contributed by atoms with Gasteiger partial charge < -0.3 is 9.30 Å². The normalized spacial score (nSPS) is 10.6. The summed E-state index contributed by atoms with van der Waals surface area (Å²) in [5.74, 6) is 0.769. The minimum atomic E-state index is 0.658. The fourth-order valence-electron chi connectivity index (χ4n) is 1.63. The van der Waals surface area contributed by atoms with Gasteiger partial charge in [0, 0.05) is 18.0 Å². The molecule has 4 heteroatoms. The number of ether oxygens (including phenoxy) is 1.